The van der Waals surface area contributed by atoms with Crippen LogP contribution in [0.3, 0.4) is 0 Å². The summed E-state index contributed by atoms with van der Waals surface area (Å²) < 4.78 is 0. The van der Waals surface area contributed by atoms with Crippen molar-refractivity contribution in [1.29, 1.82) is 0 Å². The summed E-state index contributed by atoms with van der Waals surface area (Å²) >= 11 is 0. The van der Waals surface area contributed by atoms with Crippen LogP contribution in [0.15, 0.2) is 6.07 Å². The van der Waals surface area contributed by atoms with E-state index in [0.29, 0.717) is 5.82 Å². The predicted molar refractivity (Wildman–Crippen MR) is 72.8 cm³/mol. The molecule has 1 aromatic heterocycles. The van der Waals surface area contributed by atoms with Gasteiger partial charge in [-0.05, 0) is 7.05 Å². The number of aromatic carboxylic acids is 1. The summed E-state index contributed by atoms with van der Waals surface area (Å²) in [6.45, 7) is 7.59. The number of anilines is 1. The lowest BCUT2D eigenvalue weighted by molar-refractivity contribution is 0.0690. The van der Waals surface area contributed by atoms with Crippen molar-refractivity contribution in [3.8, 4) is 0 Å². The molecule has 6 nitrogen and oxygen atoms in total. The topological polar surface area (TPSA) is 69.6 Å². The number of hydrogen-bond donors (Lipinski definition) is 1. The lowest BCUT2D eigenvalue weighted by atomic mass is 10.2. The number of likely N-dealkylation sites (N-methyl/N-ethyl adjacent to an activating group) is 1. The largest absolute Gasteiger partial charge is 0.477 e. The van der Waals surface area contributed by atoms with Crippen LogP contribution < -0.4 is 4.90 Å². The Hall–Kier alpha value is -1.69. The highest BCUT2D eigenvalue weighted by atomic mass is 16.4. The fourth-order valence-electron chi connectivity index (χ4n) is 2.02. The number of hydrogen-bond acceptors (Lipinski definition) is 5. The Morgan fingerprint density at radius 2 is 1.89 bits per heavy atom. The molecule has 0 saturated carbocycles. The van der Waals surface area contributed by atoms with Crippen molar-refractivity contribution in [2.75, 3.05) is 38.1 Å². The molecule has 0 atom stereocenters. The monoisotopic (exact) mass is 264 g/mol. The second kappa shape index (κ2) is 5.52. The molecule has 2 heterocycles. The maximum Gasteiger partial charge on any atom is 0.354 e. The van der Waals surface area contributed by atoms with Gasteiger partial charge in [0.25, 0.3) is 0 Å². The molecule has 6 heteroatoms. The average Bonchev–Trinajstić information content (AvgIpc) is 2.39. The van der Waals surface area contributed by atoms with Gasteiger partial charge in [-0.3, -0.25) is 0 Å². The first-order valence-electron chi connectivity index (χ1n) is 6.53. The summed E-state index contributed by atoms with van der Waals surface area (Å²) in [5, 5.41) is 9.14. The molecule has 0 radical (unpaired) electrons. The first-order valence-corrected chi connectivity index (χ1v) is 6.53. The molecule has 0 spiro atoms. The van der Waals surface area contributed by atoms with E-state index in [1.54, 1.807) is 6.07 Å². The minimum Gasteiger partial charge on any atom is -0.477 e. The van der Waals surface area contributed by atoms with Crippen molar-refractivity contribution >= 4 is 11.8 Å². The SMILES string of the molecule is CC(C)c1nc(C(=O)O)cc(N2CCN(C)CC2)n1. The van der Waals surface area contributed by atoms with Crippen LogP contribution in [0.5, 0.6) is 0 Å². The normalized spacial score (nSPS) is 16.9. The van der Waals surface area contributed by atoms with Crippen LogP contribution in [0.1, 0.15) is 36.1 Å². The quantitative estimate of drug-likeness (QED) is 0.880. The van der Waals surface area contributed by atoms with E-state index in [2.05, 4.69) is 26.8 Å². The molecule has 104 valence electrons. The van der Waals surface area contributed by atoms with E-state index in [1.165, 1.54) is 0 Å². The van der Waals surface area contributed by atoms with Gasteiger partial charge in [0.05, 0.1) is 0 Å². The first-order chi connectivity index (χ1) is 8.97. The minimum atomic E-state index is -1.00. The molecule has 1 saturated heterocycles. The third-order valence-corrected chi connectivity index (χ3v) is 3.29. The van der Waals surface area contributed by atoms with Gasteiger partial charge in [0, 0.05) is 38.2 Å². The van der Waals surface area contributed by atoms with Crippen LogP contribution >= 0.6 is 0 Å². The number of nitrogens with zero attached hydrogens (tertiary/aromatic N) is 4. The fourth-order valence-corrected chi connectivity index (χ4v) is 2.02. The average molecular weight is 264 g/mol. The van der Waals surface area contributed by atoms with Gasteiger partial charge < -0.3 is 14.9 Å². The van der Waals surface area contributed by atoms with Gasteiger partial charge >= 0.3 is 5.97 Å². The smallest absolute Gasteiger partial charge is 0.354 e. The third-order valence-electron chi connectivity index (χ3n) is 3.29. The second-order valence-electron chi connectivity index (χ2n) is 5.22. The molecular formula is C13H20N4O2. The number of carbonyl (C=O) groups is 1. The number of rotatable bonds is 3. The van der Waals surface area contributed by atoms with Crippen LogP contribution in [0, 0.1) is 0 Å². The van der Waals surface area contributed by atoms with Crippen molar-refractivity contribution in [3.05, 3.63) is 17.6 Å². The van der Waals surface area contributed by atoms with Crippen molar-refractivity contribution in [1.82, 2.24) is 14.9 Å². The maximum absolute atomic E-state index is 11.1. The van der Waals surface area contributed by atoms with E-state index in [9.17, 15) is 4.79 Å². The zero-order valence-electron chi connectivity index (χ0n) is 11.6. The zero-order chi connectivity index (χ0) is 14.0. The second-order valence-corrected chi connectivity index (χ2v) is 5.22. The van der Waals surface area contributed by atoms with Crippen LogP contribution in [0.25, 0.3) is 0 Å². The van der Waals surface area contributed by atoms with Gasteiger partial charge in [0.2, 0.25) is 0 Å². The Kier molecular flexibility index (Phi) is 3.99. The van der Waals surface area contributed by atoms with E-state index in [1.807, 2.05) is 13.8 Å². The van der Waals surface area contributed by atoms with Gasteiger partial charge in [-0.1, -0.05) is 13.8 Å². The van der Waals surface area contributed by atoms with Gasteiger partial charge in [0.15, 0.2) is 5.69 Å². The fraction of sp³-hybridized carbons (Fsp3) is 0.615. The molecule has 1 aliphatic rings. The number of piperazine rings is 1. The molecule has 2 rings (SSSR count). The van der Waals surface area contributed by atoms with Crippen LogP contribution in [-0.2, 0) is 0 Å². The van der Waals surface area contributed by atoms with Crippen LogP contribution in [0.4, 0.5) is 5.82 Å². The van der Waals surface area contributed by atoms with Crippen LogP contribution in [0.2, 0.25) is 0 Å². The molecule has 1 aromatic rings. The highest BCUT2D eigenvalue weighted by Crippen LogP contribution is 2.18. The third kappa shape index (κ3) is 3.20. The van der Waals surface area contributed by atoms with E-state index >= 15 is 0 Å². The highest BCUT2D eigenvalue weighted by Gasteiger charge is 2.19. The molecular weight excluding hydrogens is 244 g/mol. The summed E-state index contributed by atoms with van der Waals surface area (Å²) in [7, 11) is 2.08. The number of carboxylic acid groups (broad SMARTS) is 1. The maximum atomic E-state index is 11.1. The minimum absolute atomic E-state index is 0.0765. The number of aromatic nitrogens is 2. The van der Waals surface area contributed by atoms with Crippen LogP contribution in [-0.4, -0.2) is 59.2 Å². The summed E-state index contributed by atoms with van der Waals surface area (Å²) in [5.41, 5.74) is 0.0765. The Balaban J connectivity index is 2.31. The van der Waals surface area contributed by atoms with Crippen molar-refractivity contribution in [2.45, 2.75) is 19.8 Å². The van der Waals surface area contributed by atoms with E-state index in [0.717, 1.165) is 32.0 Å². The molecule has 0 aliphatic carbocycles. The van der Waals surface area contributed by atoms with Gasteiger partial charge in [0.1, 0.15) is 11.6 Å². The van der Waals surface area contributed by atoms with E-state index < -0.39 is 5.97 Å². The van der Waals surface area contributed by atoms with Crippen molar-refractivity contribution in [2.24, 2.45) is 0 Å². The molecule has 1 aliphatic heterocycles. The molecule has 0 amide bonds. The van der Waals surface area contributed by atoms with Gasteiger partial charge in [-0.15, -0.1) is 0 Å². The predicted octanol–water partition coefficient (Wildman–Crippen LogP) is 1.05. The molecule has 0 aromatic carbocycles. The van der Waals surface area contributed by atoms with Gasteiger partial charge in [-0.2, -0.15) is 0 Å². The summed E-state index contributed by atoms with van der Waals surface area (Å²) in [6.07, 6.45) is 0. The Morgan fingerprint density at radius 1 is 1.26 bits per heavy atom. The highest BCUT2D eigenvalue weighted by molar-refractivity contribution is 5.86. The van der Waals surface area contributed by atoms with Gasteiger partial charge in [-0.25, -0.2) is 14.8 Å². The lowest BCUT2D eigenvalue weighted by Crippen LogP contribution is -2.45. The number of carboxylic acids is 1. The van der Waals surface area contributed by atoms with Crippen molar-refractivity contribution in [3.63, 3.8) is 0 Å². The Bertz CT molecular complexity index is 468. The summed E-state index contributed by atoms with van der Waals surface area (Å²) in [6, 6.07) is 1.57. The molecule has 0 bridgehead atoms. The lowest BCUT2D eigenvalue weighted by Gasteiger charge is -2.33. The molecule has 19 heavy (non-hydrogen) atoms. The summed E-state index contributed by atoms with van der Waals surface area (Å²) in [5.74, 6) is 0.434. The molecule has 0 unspecified atom stereocenters. The first kappa shape index (κ1) is 13.7. The standard InChI is InChI=1S/C13H20N4O2/c1-9(2)12-14-10(13(18)19)8-11(15-12)17-6-4-16(3)5-7-17/h8-9H,4-7H2,1-3H3,(H,18,19). The van der Waals surface area contributed by atoms with E-state index in [-0.39, 0.29) is 11.6 Å². The Morgan fingerprint density at radius 3 is 2.42 bits per heavy atom. The Labute approximate surface area is 113 Å². The molecule has 1 fully saturated rings. The van der Waals surface area contributed by atoms with Crippen molar-refractivity contribution < 1.29 is 9.90 Å². The summed E-state index contributed by atoms with van der Waals surface area (Å²) in [4.78, 5) is 24.1. The molecule has 1 N–H and O–H groups in total. The van der Waals surface area contributed by atoms with E-state index in [4.69, 9.17) is 5.11 Å². The zero-order valence-corrected chi connectivity index (χ0v) is 11.6.